The van der Waals surface area contributed by atoms with Gasteiger partial charge in [0, 0.05) is 13.1 Å². The number of nitrogens with zero attached hydrogens (tertiary/aromatic N) is 3. The van der Waals surface area contributed by atoms with E-state index < -0.39 is 5.97 Å². The van der Waals surface area contributed by atoms with E-state index in [1.165, 1.54) is 4.90 Å². The topological polar surface area (TPSA) is 123 Å². The number of rotatable bonds is 2. The van der Waals surface area contributed by atoms with Crippen molar-refractivity contribution in [1.82, 2.24) is 15.2 Å². The molecule has 0 unspecified atom stereocenters. The van der Waals surface area contributed by atoms with Gasteiger partial charge >= 0.3 is 5.97 Å². The number of aliphatic carboxylic acids is 1. The van der Waals surface area contributed by atoms with E-state index >= 15 is 0 Å². The van der Waals surface area contributed by atoms with Crippen LogP contribution < -0.4 is 5.73 Å². The number of hydrogen-bond acceptors (Lipinski definition) is 6. The van der Waals surface area contributed by atoms with Crippen molar-refractivity contribution in [1.29, 1.82) is 0 Å². The monoisotopic (exact) mass is 240 g/mol. The van der Waals surface area contributed by atoms with Crippen LogP contribution in [0.25, 0.3) is 0 Å². The molecule has 3 N–H and O–H groups in total. The van der Waals surface area contributed by atoms with E-state index in [1.54, 1.807) is 0 Å². The van der Waals surface area contributed by atoms with Crippen LogP contribution >= 0.6 is 0 Å². The minimum absolute atomic E-state index is 0.0150. The van der Waals surface area contributed by atoms with Gasteiger partial charge in [0.2, 0.25) is 11.5 Å². The number of likely N-dealkylation sites (tertiary alicyclic amines) is 1. The maximum Gasteiger partial charge on any atom is 0.306 e. The first kappa shape index (κ1) is 11.4. The summed E-state index contributed by atoms with van der Waals surface area (Å²) in [5.41, 5.74) is 5.40. The van der Waals surface area contributed by atoms with Crippen LogP contribution in [-0.2, 0) is 4.79 Å². The van der Waals surface area contributed by atoms with E-state index in [4.69, 9.17) is 10.8 Å². The van der Waals surface area contributed by atoms with Gasteiger partial charge in [0.1, 0.15) is 0 Å². The molecule has 1 fully saturated rings. The molecule has 1 saturated heterocycles. The number of hydrogen-bond donors (Lipinski definition) is 2. The molecule has 1 aromatic rings. The zero-order valence-corrected chi connectivity index (χ0v) is 9.00. The van der Waals surface area contributed by atoms with Crippen molar-refractivity contribution in [2.75, 3.05) is 18.8 Å². The number of nitrogen functional groups attached to an aromatic ring is 1. The summed E-state index contributed by atoms with van der Waals surface area (Å²) in [4.78, 5) is 24.2. The Balaban J connectivity index is 2.00. The van der Waals surface area contributed by atoms with Crippen LogP contribution in [0, 0.1) is 5.92 Å². The molecule has 17 heavy (non-hydrogen) atoms. The number of carboxylic acids is 1. The minimum Gasteiger partial charge on any atom is -0.481 e. The molecule has 0 atom stereocenters. The number of piperidine rings is 1. The highest BCUT2D eigenvalue weighted by Crippen LogP contribution is 2.19. The molecule has 8 heteroatoms. The Morgan fingerprint density at radius 2 is 2.00 bits per heavy atom. The van der Waals surface area contributed by atoms with Crippen LogP contribution in [0.3, 0.4) is 0 Å². The molecule has 0 spiro atoms. The number of amides is 1. The number of carbonyl (C=O) groups is 2. The van der Waals surface area contributed by atoms with Gasteiger partial charge in [-0.25, -0.2) is 4.63 Å². The fourth-order valence-electron chi connectivity index (χ4n) is 1.82. The van der Waals surface area contributed by atoms with Crippen LogP contribution in [0.5, 0.6) is 0 Å². The maximum absolute atomic E-state index is 11.9. The number of aromatic nitrogens is 2. The summed E-state index contributed by atoms with van der Waals surface area (Å²) in [6, 6.07) is 0. The van der Waals surface area contributed by atoms with E-state index in [2.05, 4.69) is 14.9 Å². The van der Waals surface area contributed by atoms with Crippen LogP contribution in [0.1, 0.15) is 23.3 Å². The van der Waals surface area contributed by atoms with Crippen LogP contribution in [0.4, 0.5) is 5.82 Å². The van der Waals surface area contributed by atoms with Crippen LogP contribution in [0.2, 0.25) is 0 Å². The third kappa shape index (κ3) is 2.19. The maximum atomic E-state index is 11.9. The Morgan fingerprint density at radius 3 is 2.47 bits per heavy atom. The quantitative estimate of drug-likeness (QED) is 0.720. The van der Waals surface area contributed by atoms with Gasteiger partial charge < -0.3 is 15.7 Å². The third-order valence-corrected chi connectivity index (χ3v) is 2.85. The van der Waals surface area contributed by atoms with Crippen LogP contribution in [0.15, 0.2) is 4.63 Å². The molecule has 1 aliphatic rings. The Bertz CT molecular complexity index is 436. The highest BCUT2D eigenvalue weighted by Gasteiger charge is 2.29. The fourth-order valence-corrected chi connectivity index (χ4v) is 1.82. The van der Waals surface area contributed by atoms with Gasteiger partial charge in [0.05, 0.1) is 5.92 Å². The van der Waals surface area contributed by atoms with Crippen molar-refractivity contribution in [3.05, 3.63) is 5.69 Å². The summed E-state index contributed by atoms with van der Waals surface area (Å²) in [5, 5.41) is 15.6. The Labute approximate surface area is 96.3 Å². The van der Waals surface area contributed by atoms with Crippen molar-refractivity contribution in [2.24, 2.45) is 5.92 Å². The Hall–Kier alpha value is -2.12. The first-order chi connectivity index (χ1) is 8.09. The zero-order valence-electron chi connectivity index (χ0n) is 9.00. The normalized spacial score (nSPS) is 17.1. The van der Waals surface area contributed by atoms with Crippen LogP contribution in [-0.4, -0.2) is 45.3 Å². The third-order valence-electron chi connectivity index (χ3n) is 2.85. The summed E-state index contributed by atoms with van der Waals surface area (Å²) < 4.78 is 4.35. The van der Waals surface area contributed by atoms with Gasteiger partial charge in [-0.3, -0.25) is 9.59 Å². The molecular formula is C9H12N4O4. The fraction of sp³-hybridized carbons (Fsp3) is 0.556. The van der Waals surface area contributed by atoms with Gasteiger partial charge in [-0.1, -0.05) is 0 Å². The second-order valence-corrected chi connectivity index (χ2v) is 3.90. The van der Waals surface area contributed by atoms with E-state index in [9.17, 15) is 9.59 Å². The largest absolute Gasteiger partial charge is 0.481 e. The van der Waals surface area contributed by atoms with Gasteiger partial charge in [0.15, 0.2) is 0 Å². The van der Waals surface area contributed by atoms with Crippen molar-refractivity contribution in [3.8, 4) is 0 Å². The SMILES string of the molecule is Nc1nonc1C(=O)N1CCC(C(=O)O)CC1. The Morgan fingerprint density at radius 1 is 1.35 bits per heavy atom. The molecule has 0 aliphatic carbocycles. The Kier molecular flexibility index (Phi) is 2.94. The zero-order chi connectivity index (χ0) is 12.4. The van der Waals surface area contributed by atoms with E-state index in [0.717, 1.165) is 0 Å². The molecule has 0 bridgehead atoms. The summed E-state index contributed by atoms with van der Waals surface area (Å²) in [6.07, 6.45) is 0.874. The van der Waals surface area contributed by atoms with E-state index in [0.29, 0.717) is 25.9 Å². The number of carbonyl (C=O) groups excluding carboxylic acids is 1. The van der Waals surface area contributed by atoms with Crippen molar-refractivity contribution < 1.29 is 19.3 Å². The lowest BCUT2D eigenvalue weighted by Gasteiger charge is -2.29. The lowest BCUT2D eigenvalue weighted by atomic mass is 9.97. The van der Waals surface area contributed by atoms with E-state index in [1.807, 2.05) is 0 Å². The first-order valence-electron chi connectivity index (χ1n) is 5.19. The number of nitrogens with two attached hydrogens (primary N) is 1. The highest BCUT2D eigenvalue weighted by atomic mass is 16.6. The average Bonchev–Trinajstić information content (AvgIpc) is 2.74. The minimum atomic E-state index is -0.820. The molecule has 1 aromatic heterocycles. The molecule has 1 aliphatic heterocycles. The lowest BCUT2D eigenvalue weighted by Crippen LogP contribution is -2.40. The molecule has 2 rings (SSSR count). The van der Waals surface area contributed by atoms with Gasteiger partial charge in [0.25, 0.3) is 5.91 Å². The van der Waals surface area contributed by atoms with Gasteiger partial charge in [-0.05, 0) is 23.2 Å². The van der Waals surface area contributed by atoms with Crippen molar-refractivity contribution in [3.63, 3.8) is 0 Å². The molecule has 0 saturated carbocycles. The standard InChI is InChI=1S/C9H12N4O4/c10-7-6(11-17-12-7)8(14)13-3-1-5(2-4-13)9(15)16/h5H,1-4H2,(H2,10,12)(H,15,16). The average molecular weight is 240 g/mol. The van der Waals surface area contributed by atoms with Crippen molar-refractivity contribution in [2.45, 2.75) is 12.8 Å². The smallest absolute Gasteiger partial charge is 0.306 e. The molecule has 1 amide bonds. The molecule has 0 aromatic carbocycles. The summed E-state index contributed by atoms with van der Waals surface area (Å²) in [6.45, 7) is 0.754. The second-order valence-electron chi connectivity index (χ2n) is 3.90. The number of carboxylic acid groups (broad SMARTS) is 1. The molecule has 0 radical (unpaired) electrons. The highest BCUT2D eigenvalue weighted by molar-refractivity contribution is 5.96. The molecule has 2 heterocycles. The molecular weight excluding hydrogens is 228 g/mol. The predicted molar refractivity (Wildman–Crippen MR) is 55.0 cm³/mol. The lowest BCUT2D eigenvalue weighted by molar-refractivity contribution is -0.143. The summed E-state index contributed by atoms with van der Waals surface area (Å²) in [5.74, 6) is -1.62. The second kappa shape index (κ2) is 4.40. The molecule has 8 nitrogen and oxygen atoms in total. The molecule has 92 valence electrons. The predicted octanol–water partition coefficient (Wildman–Crippen LogP) is -0.411. The summed E-state index contributed by atoms with van der Waals surface area (Å²) in [7, 11) is 0. The summed E-state index contributed by atoms with van der Waals surface area (Å²) >= 11 is 0. The van der Waals surface area contributed by atoms with Crippen molar-refractivity contribution >= 4 is 17.7 Å². The van der Waals surface area contributed by atoms with E-state index in [-0.39, 0.29) is 23.3 Å². The van der Waals surface area contributed by atoms with Gasteiger partial charge in [-0.2, -0.15) is 0 Å². The number of anilines is 1. The first-order valence-corrected chi connectivity index (χ1v) is 5.19. The van der Waals surface area contributed by atoms with Gasteiger partial charge in [-0.15, -0.1) is 0 Å².